The first kappa shape index (κ1) is 11.5. The number of rotatable bonds is 0. The van der Waals surface area contributed by atoms with Gasteiger partial charge < -0.3 is 9.64 Å². The summed E-state index contributed by atoms with van der Waals surface area (Å²) in [5, 5.41) is 0. The molecule has 1 heterocycles. The maximum absolute atomic E-state index is 11.9. The van der Waals surface area contributed by atoms with Gasteiger partial charge in [0, 0.05) is 13.1 Å². The number of fused-ring (bicyclic) bond motifs is 1. The Labute approximate surface area is 97.5 Å². The van der Waals surface area contributed by atoms with Gasteiger partial charge in [-0.3, -0.25) is 0 Å². The first-order valence-electron chi connectivity index (χ1n) is 6.00. The normalized spacial score (nSPS) is 29.4. The summed E-state index contributed by atoms with van der Waals surface area (Å²) in [4.78, 5) is 13.7. The average Bonchev–Trinajstić information content (AvgIpc) is 2.56. The highest BCUT2D eigenvalue weighted by molar-refractivity contribution is 5.68. The van der Waals surface area contributed by atoms with Crippen LogP contribution in [0.3, 0.4) is 0 Å². The summed E-state index contributed by atoms with van der Waals surface area (Å²) in [6.07, 6.45) is 2.01. The second kappa shape index (κ2) is 3.79. The maximum atomic E-state index is 11.9. The highest BCUT2D eigenvalue weighted by Crippen LogP contribution is 2.40. The lowest BCUT2D eigenvalue weighted by molar-refractivity contribution is 0.0282. The van der Waals surface area contributed by atoms with E-state index in [0.29, 0.717) is 11.8 Å². The van der Waals surface area contributed by atoms with Crippen molar-refractivity contribution in [1.29, 1.82) is 0 Å². The number of amides is 1. The van der Waals surface area contributed by atoms with Crippen molar-refractivity contribution in [3.05, 3.63) is 12.2 Å². The molecule has 16 heavy (non-hydrogen) atoms. The lowest BCUT2D eigenvalue weighted by atomic mass is 10.0. The molecule has 2 rings (SSSR count). The van der Waals surface area contributed by atoms with Crippen molar-refractivity contribution in [2.45, 2.75) is 39.2 Å². The predicted molar refractivity (Wildman–Crippen MR) is 63.2 cm³/mol. The van der Waals surface area contributed by atoms with E-state index in [-0.39, 0.29) is 6.09 Å². The van der Waals surface area contributed by atoms with E-state index in [0.717, 1.165) is 25.9 Å². The largest absolute Gasteiger partial charge is 0.444 e. The summed E-state index contributed by atoms with van der Waals surface area (Å²) in [5.41, 5.74) is 0.956. The molecule has 0 spiro atoms. The number of allylic oxidation sites excluding steroid dienone is 1. The third kappa shape index (κ3) is 2.39. The van der Waals surface area contributed by atoms with Crippen LogP contribution in [-0.4, -0.2) is 29.7 Å². The van der Waals surface area contributed by atoms with Gasteiger partial charge in [0.15, 0.2) is 0 Å². The lowest BCUT2D eigenvalue weighted by Gasteiger charge is -2.24. The number of carbonyl (C=O) groups is 1. The van der Waals surface area contributed by atoms with E-state index in [1.54, 1.807) is 0 Å². The van der Waals surface area contributed by atoms with E-state index < -0.39 is 5.60 Å². The van der Waals surface area contributed by atoms with Crippen LogP contribution in [0.1, 0.15) is 33.6 Å². The molecule has 0 bridgehead atoms. The molecule has 0 unspecified atom stereocenters. The minimum absolute atomic E-state index is 0.160. The van der Waals surface area contributed by atoms with Gasteiger partial charge in [-0.05, 0) is 45.4 Å². The van der Waals surface area contributed by atoms with Gasteiger partial charge in [0.2, 0.25) is 0 Å². The number of hydrogen-bond acceptors (Lipinski definition) is 2. The Balaban J connectivity index is 1.90. The van der Waals surface area contributed by atoms with E-state index in [1.165, 1.54) is 5.57 Å². The molecule has 2 aliphatic rings. The molecule has 1 aliphatic carbocycles. The second-order valence-electron chi connectivity index (χ2n) is 6.06. The number of hydrogen-bond donors (Lipinski definition) is 0. The summed E-state index contributed by atoms with van der Waals surface area (Å²) in [5.74, 6) is 1.25. The Morgan fingerprint density at radius 3 is 2.25 bits per heavy atom. The Morgan fingerprint density at radius 1 is 1.31 bits per heavy atom. The van der Waals surface area contributed by atoms with Gasteiger partial charge in [-0.2, -0.15) is 0 Å². The van der Waals surface area contributed by atoms with E-state index in [9.17, 15) is 4.79 Å². The summed E-state index contributed by atoms with van der Waals surface area (Å²) in [6.45, 7) is 11.4. The number of carbonyl (C=O) groups excluding carboxylic acids is 1. The zero-order valence-corrected chi connectivity index (χ0v) is 10.5. The van der Waals surface area contributed by atoms with Crippen molar-refractivity contribution >= 4 is 6.09 Å². The Bertz CT molecular complexity index is 300. The monoisotopic (exact) mass is 223 g/mol. The number of likely N-dealkylation sites (tertiary alicyclic amines) is 1. The minimum atomic E-state index is -0.390. The molecule has 3 nitrogen and oxygen atoms in total. The fourth-order valence-electron chi connectivity index (χ4n) is 2.70. The van der Waals surface area contributed by atoms with Crippen molar-refractivity contribution < 1.29 is 9.53 Å². The van der Waals surface area contributed by atoms with E-state index >= 15 is 0 Å². The van der Waals surface area contributed by atoms with Crippen molar-refractivity contribution in [1.82, 2.24) is 4.90 Å². The zero-order valence-electron chi connectivity index (χ0n) is 10.5. The fraction of sp³-hybridized carbons (Fsp3) is 0.769. The Hall–Kier alpha value is -0.990. The summed E-state index contributed by atoms with van der Waals surface area (Å²) >= 11 is 0. The predicted octanol–water partition coefficient (Wildman–Crippen LogP) is 2.82. The molecule has 90 valence electrons. The highest BCUT2D eigenvalue weighted by atomic mass is 16.6. The van der Waals surface area contributed by atoms with E-state index in [4.69, 9.17) is 4.74 Å². The standard InChI is InChI=1S/C13H21NO2/c1-9-5-10-7-14(8-11(10)6-9)12(15)16-13(2,3)4/h10-11H,1,5-8H2,2-4H3/t10-,11-/m1/s1. The molecule has 1 saturated heterocycles. The molecule has 0 radical (unpaired) electrons. The van der Waals surface area contributed by atoms with Crippen LogP contribution in [0.25, 0.3) is 0 Å². The quantitative estimate of drug-likeness (QED) is 0.591. The zero-order chi connectivity index (χ0) is 11.9. The Morgan fingerprint density at radius 2 is 1.81 bits per heavy atom. The third-order valence-corrected chi connectivity index (χ3v) is 3.33. The number of ether oxygens (including phenoxy) is 1. The van der Waals surface area contributed by atoms with Crippen molar-refractivity contribution in [2.75, 3.05) is 13.1 Å². The van der Waals surface area contributed by atoms with Crippen LogP contribution in [0, 0.1) is 11.8 Å². The van der Waals surface area contributed by atoms with Gasteiger partial charge in [0.25, 0.3) is 0 Å². The third-order valence-electron chi connectivity index (χ3n) is 3.33. The van der Waals surface area contributed by atoms with Crippen molar-refractivity contribution in [2.24, 2.45) is 11.8 Å². The van der Waals surface area contributed by atoms with Crippen LogP contribution in [0.5, 0.6) is 0 Å². The smallest absolute Gasteiger partial charge is 0.410 e. The van der Waals surface area contributed by atoms with Gasteiger partial charge in [0.1, 0.15) is 5.60 Å². The molecule has 0 aromatic rings. The molecule has 1 amide bonds. The van der Waals surface area contributed by atoms with Crippen LogP contribution in [0.2, 0.25) is 0 Å². The van der Waals surface area contributed by atoms with Gasteiger partial charge in [0.05, 0.1) is 0 Å². The molecule has 2 atom stereocenters. The van der Waals surface area contributed by atoms with Gasteiger partial charge in [-0.1, -0.05) is 12.2 Å². The minimum Gasteiger partial charge on any atom is -0.444 e. The SMILES string of the molecule is C=C1C[C@@H]2CN(C(=O)OC(C)(C)C)C[C@H]2C1. The molecular weight excluding hydrogens is 202 g/mol. The topological polar surface area (TPSA) is 29.5 Å². The fourth-order valence-corrected chi connectivity index (χ4v) is 2.70. The van der Waals surface area contributed by atoms with Crippen molar-refractivity contribution in [3.8, 4) is 0 Å². The molecule has 1 saturated carbocycles. The molecule has 0 N–H and O–H groups in total. The summed E-state index contributed by atoms with van der Waals surface area (Å²) in [6, 6.07) is 0. The highest BCUT2D eigenvalue weighted by Gasteiger charge is 2.40. The van der Waals surface area contributed by atoms with Crippen LogP contribution >= 0.6 is 0 Å². The summed E-state index contributed by atoms with van der Waals surface area (Å²) in [7, 11) is 0. The van der Waals surface area contributed by atoms with Gasteiger partial charge in [-0.15, -0.1) is 0 Å². The van der Waals surface area contributed by atoms with Crippen LogP contribution in [0.15, 0.2) is 12.2 Å². The molecule has 3 heteroatoms. The molecule has 2 fully saturated rings. The van der Waals surface area contributed by atoms with Crippen molar-refractivity contribution in [3.63, 3.8) is 0 Å². The van der Waals surface area contributed by atoms with Gasteiger partial charge in [-0.25, -0.2) is 4.79 Å². The summed E-state index contributed by atoms with van der Waals surface area (Å²) < 4.78 is 5.38. The average molecular weight is 223 g/mol. The maximum Gasteiger partial charge on any atom is 0.410 e. The second-order valence-corrected chi connectivity index (χ2v) is 6.06. The van der Waals surface area contributed by atoms with E-state index in [1.807, 2.05) is 25.7 Å². The lowest BCUT2D eigenvalue weighted by Crippen LogP contribution is -2.35. The first-order chi connectivity index (χ1) is 7.35. The molecule has 0 aromatic heterocycles. The van der Waals surface area contributed by atoms with E-state index in [2.05, 4.69) is 6.58 Å². The Kier molecular flexibility index (Phi) is 2.72. The first-order valence-corrected chi connectivity index (χ1v) is 6.00. The molecule has 0 aromatic carbocycles. The van der Waals surface area contributed by atoms with Crippen LogP contribution < -0.4 is 0 Å². The van der Waals surface area contributed by atoms with Crippen LogP contribution in [0.4, 0.5) is 4.79 Å². The molecule has 1 aliphatic heterocycles. The number of nitrogens with zero attached hydrogens (tertiary/aromatic N) is 1. The van der Waals surface area contributed by atoms with Crippen LogP contribution in [-0.2, 0) is 4.74 Å². The molecular formula is C13H21NO2. The van der Waals surface area contributed by atoms with Gasteiger partial charge >= 0.3 is 6.09 Å².